The number of anilines is 1. The van der Waals surface area contributed by atoms with Crippen molar-refractivity contribution in [3.8, 4) is 11.5 Å². The van der Waals surface area contributed by atoms with E-state index in [2.05, 4.69) is 0 Å². The number of halogens is 3. The van der Waals surface area contributed by atoms with E-state index in [1.54, 1.807) is 75.4 Å². The molecule has 194 valence electrons. The van der Waals surface area contributed by atoms with E-state index in [-0.39, 0.29) is 11.4 Å². The zero-order valence-corrected chi connectivity index (χ0v) is 21.1. The van der Waals surface area contributed by atoms with E-state index in [0.29, 0.717) is 39.6 Å². The summed E-state index contributed by atoms with van der Waals surface area (Å²) in [5, 5.41) is 11.4. The van der Waals surface area contributed by atoms with Crippen molar-refractivity contribution in [1.29, 1.82) is 0 Å². The molecule has 0 saturated heterocycles. The van der Waals surface area contributed by atoms with Gasteiger partial charge in [0.25, 0.3) is 0 Å². The van der Waals surface area contributed by atoms with Gasteiger partial charge >= 0.3 is 12.3 Å². The summed E-state index contributed by atoms with van der Waals surface area (Å²) in [5.74, 6) is -0.115. The lowest BCUT2D eigenvalue weighted by molar-refractivity contribution is -0.224. The number of rotatable bonds is 5. The maximum absolute atomic E-state index is 14.8. The molecule has 0 bridgehead atoms. The highest BCUT2D eigenvalue weighted by Crippen LogP contribution is 2.51. The van der Waals surface area contributed by atoms with Gasteiger partial charge in [0.1, 0.15) is 11.5 Å². The van der Waals surface area contributed by atoms with Crippen LogP contribution in [0.1, 0.15) is 51.3 Å². The van der Waals surface area contributed by atoms with Crippen LogP contribution in [0, 0.1) is 5.41 Å². The van der Waals surface area contributed by atoms with Crippen molar-refractivity contribution in [2.45, 2.75) is 46.5 Å². The molecule has 4 rings (SSSR count). The Morgan fingerprint density at radius 1 is 0.919 bits per heavy atom. The minimum absolute atomic E-state index is 0.0205. The number of para-hydroxylation sites is 1. The van der Waals surface area contributed by atoms with E-state index in [1.165, 1.54) is 29.3 Å². The summed E-state index contributed by atoms with van der Waals surface area (Å²) in [5.41, 5.74) is 1.20. The number of hydrogen-bond acceptors (Lipinski definition) is 5. The van der Waals surface area contributed by atoms with Gasteiger partial charge in [-0.2, -0.15) is 5.01 Å². The summed E-state index contributed by atoms with van der Waals surface area (Å²) in [4.78, 5) is 12.3. The third-order valence-electron chi connectivity index (χ3n) is 6.11. The first-order chi connectivity index (χ1) is 17.4. The van der Waals surface area contributed by atoms with Gasteiger partial charge in [0, 0.05) is 5.56 Å². The smallest absolute Gasteiger partial charge is 0.503 e. The minimum Gasteiger partial charge on any atom is -0.508 e. The van der Waals surface area contributed by atoms with Crippen molar-refractivity contribution in [2.24, 2.45) is 5.41 Å². The summed E-state index contributed by atoms with van der Waals surface area (Å²) in [6.45, 7) is 7.06. The fraction of sp³-hybridized carbons (Fsp3) is 0.276. The Kier molecular flexibility index (Phi) is 6.95. The zero-order chi connectivity index (χ0) is 27.0. The highest BCUT2D eigenvalue weighted by molar-refractivity contribution is 5.78. The van der Waals surface area contributed by atoms with E-state index in [9.17, 15) is 23.1 Å². The highest BCUT2D eigenvalue weighted by Gasteiger charge is 2.52. The Labute approximate surface area is 214 Å². The number of aromatic hydroxyl groups is 1. The first kappa shape index (κ1) is 26.1. The van der Waals surface area contributed by atoms with Crippen molar-refractivity contribution < 1.29 is 27.8 Å². The monoisotopic (exact) mass is 510 g/mol. The van der Waals surface area contributed by atoms with Crippen molar-refractivity contribution in [1.82, 2.24) is 5.01 Å². The van der Waals surface area contributed by atoms with Gasteiger partial charge in [-0.1, -0.05) is 37.3 Å². The number of nitrogens with zero attached hydrogens (tertiary/aromatic N) is 2. The van der Waals surface area contributed by atoms with Crippen LogP contribution in [0.3, 0.4) is 0 Å². The molecule has 0 radical (unpaired) electrons. The molecule has 1 unspecified atom stereocenters. The lowest BCUT2D eigenvalue weighted by Crippen LogP contribution is -2.47. The number of esters is 1. The topological polar surface area (TPSA) is 53.0 Å². The van der Waals surface area contributed by atoms with E-state index in [0.717, 1.165) is 0 Å². The average Bonchev–Trinajstić information content (AvgIpc) is 3.21. The summed E-state index contributed by atoms with van der Waals surface area (Å²) in [6.07, 6.45) is -4.39. The second-order valence-electron chi connectivity index (χ2n) is 9.85. The molecule has 1 aliphatic heterocycles. The summed E-state index contributed by atoms with van der Waals surface area (Å²) >= 11 is 0. The fourth-order valence-electron chi connectivity index (χ4n) is 4.34. The summed E-state index contributed by atoms with van der Waals surface area (Å²) < 4.78 is 49.8. The Morgan fingerprint density at radius 2 is 1.51 bits per heavy atom. The third-order valence-corrected chi connectivity index (χ3v) is 6.11. The van der Waals surface area contributed by atoms with Crippen molar-refractivity contribution in [3.63, 3.8) is 0 Å². The van der Waals surface area contributed by atoms with E-state index < -0.39 is 23.7 Å². The van der Waals surface area contributed by atoms with Gasteiger partial charge in [-0.05, 0) is 86.9 Å². The zero-order valence-electron chi connectivity index (χ0n) is 21.1. The van der Waals surface area contributed by atoms with Gasteiger partial charge in [-0.3, -0.25) is 9.80 Å². The van der Waals surface area contributed by atoms with Crippen LogP contribution in [0.15, 0.2) is 84.4 Å². The van der Waals surface area contributed by atoms with Gasteiger partial charge in [0.2, 0.25) is 0 Å². The van der Waals surface area contributed by atoms with Crippen LogP contribution in [0.4, 0.5) is 18.9 Å². The lowest BCUT2D eigenvalue weighted by Gasteiger charge is -2.38. The SMILES string of the molecule is CCC1=C(c2ccc(O)cc2)N(C(F)(F)F)N(c2ccccc2)C1c1ccc(OC(=O)C(C)(C)C)cc1. The normalized spacial score (nSPS) is 16.4. The first-order valence-electron chi connectivity index (χ1n) is 12.0. The molecule has 5 nitrogen and oxygen atoms in total. The van der Waals surface area contributed by atoms with Gasteiger partial charge in [0.05, 0.1) is 22.8 Å². The maximum Gasteiger partial charge on any atom is 0.503 e. The quantitative estimate of drug-likeness (QED) is 0.219. The Morgan fingerprint density at radius 3 is 2.03 bits per heavy atom. The number of hydrogen-bond donors (Lipinski definition) is 1. The Balaban J connectivity index is 1.88. The van der Waals surface area contributed by atoms with Crippen molar-refractivity contribution in [3.05, 3.63) is 95.6 Å². The van der Waals surface area contributed by atoms with Crippen molar-refractivity contribution >= 4 is 17.4 Å². The van der Waals surface area contributed by atoms with Crippen LogP contribution in [0.25, 0.3) is 5.70 Å². The van der Waals surface area contributed by atoms with E-state index in [1.807, 2.05) is 6.92 Å². The summed E-state index contributed by atoms with van der Waals surface area (Å²) in [6, 6.07) is 20.0. The number of alkyl halides is 3. The largest absolute Gasteiger partial charge is 0.508 e. The molecule has 1 atom stereocenters. The van der Waals surface area contributed by atoms with E-state index in [4.69, 9.17) is 4.74 Å². The van der Waals surface area contributed by atoms with E-state index >= 15 is 0 Å². The van der Waals surface area contributed by atoms with Crippen LogP contribution in [0.2, 0.25) is 0 Å². The second-order valence-corrected chi connectivity index (χ2v) is 9.85. The predicted molar refractivity (Wildman–Crippen MR) is 136 cm³/mol. The van der Waals surface area contributed by atoms with Crippen LogP contribution < -0.4 is 9.75 Å². The molecule has 37 heavy (non-hydrogen) atoms. The molecular weight excluding hydrogens is 481 g/mol. The molecule has 0 amide bonds. The maximum atomic E-state index is 14.8. The third kappa shape index (κ3) is 5.28. The number of benzene rings is 3. The Bertz CT molecular complexity index is 1280. The number of hydrazine groups is 1. The van der Waals surface area contributed by atoms with Crippen molar-refractivity contribution in [2.75, 3.05) is 5.01 Å². The molecule has 0 aliphatic carbocycles. The Hall–Kier alpha value is -3.94. The number of ether oxygens (including phenoxy) is 1. The van der Waals surface area contributed by atoms with Gasteiger partial charge < -0.3 is 9.84 Å². The molecule has 0 saturated carbocycles. The molecule has 8 heteroatoms. The average molecular weight is 511 g/mol. The molecule has 3 aromatic carbocycles. The number of phenols is 1. The number of carbonyl (C=O) groups excluding carboxylic acids is 1. The molecule has 1 aliphatic rings. The summed E-state index contributed by atoms with van der Waals surface area (Å²) in [7, 11) is 0. The highest BCUT2D eigenvalue weighted by atomic mass is 19.4. The predicted octanol–water partition coefficient (Wildman–Crippen LogP) is 7.46. The standard InChI is InChI=1S/C29H29F3N2O3/c1-5-24-25(19-13-17-23(18-14-19)37-27(36)28(2,3)4)33(21-9-7-6-8-10-21)34(29(30,31)32)26(24)20-11-15-22(35)16-12-20/h6-18,25,35H,5H2,1-4H3. The number of carbonyl (C=O) groups is 1. The van der Waals surface area contributed by atoms with Crippen LogP contribution in [-0.2, 0) is 4.79 Å². The molecule has 3 aromatic rings. The minimum atomic E-state index is -4.74. The number of phenolic OH excluding ortho intramolecular Hbond substituents is 1. The van der Waals surface area contributed by atoms with Gasteiger partial charge in [-0.25, -0.2) is 0 Å². The fourth-order valence-corrected chi connectivity index (χ4v) is 4.34. The van der Waals surface area contributed by atoms with Gasteiger partial charge in [-0.15, -0.1) is 13.2 Å². The van der Waals surface area contributed by atoms with Gasteiger partial charge in [0.15, 0.2) is 0 Å². The molecule has 0 spiro atoms. The molecule has 0 aromatic heterocycles. The molecule has 1 heterocycles. The lowest BCUT2D eigenvalue weighted by atomic mass is 9.93. The second kappa shape index (κ2) is 9.84. The van der Waals surface area contributed by atoms with Crippen LogP contribution in [-0.4, -0.2) is 22.4 Å². The molecular formula is C29H29F3N2O3. The van der Waals surface area contributed by atoms with Crippen LogP contribution >= 0.6 is 0 Å². The van der Waals surface area contributed by atoms with Crippen LogP contribution in [0.5, 0.6) is 11.5 Å². The first-order valence-corrected chi connectivity index (χ1v) is 12.0. The molecule has 0 fully saturated rings. The molecule has 1 N–H and O–H groups in total.